The average Bonchev–Trinajstić information content (AvgIpc) is 2.69. The van der Waals surface area contributed by atoms with Crippen molar-refractivity contribution in [1.82, 2.24) is 9.97 Å². The second-order valence-electron chi connectivity index (χ2n) is 5.60. The summed E-state index contributed by atoms with van der Waals surface area (Å²) in [7, 11) is 0. The normalized spacial score (nSPS) is 26.6. The molecule has 1 aromatic heterocycles. The van der Waals surface area contributed by atoms with Crippen molar-refractivity contribution in [3.05, 3.63) is 18.2 Å². The molecular weight excluding hydrogens is 264 g/mol. The summed E-state index contributed by atoms with van der Waals surface area (Å²) in [5.41, 5.74) is 0.471. The highest BCUT2D eigenvalue weighted by Gasteiger charge is 2.36. The molecule has 0 aromatic carbocycles. The van der Waals surface area contributed by atoms with Crippen LogP contribution in [0.2, 0.25) is 0 Å². The van der Waals surface area contributed by atoms with E-state index in [1.54, 1.807) is 0 Å². The summed E-state index contributed by atoms with van der Waals surface area (Å²) in [6.07, 6.45) is 10.2. The van der Waals surface area contributed by atoms with Gasteiger partial charge in [0, 0.05) is 23.6 Å². The molecule has 0 amide bonds. The van der Waals surface area contributed by atoms with Crippen molar-refractivity contribution in [1.29, 1.82) is 0 Å². The zero-order valence-electron chi connectivity index (χ0n) is 10.2. The van der Waals surface area contributed by atoms with Gasteiger partial charge in [-0.15, -0.1) is 0 Å². The third-order valence-electron chi connectivity index (χ3n) is 3.97. The smallest absolute Gasteiger partial charge is 0.107 e. The zero-order valence-corrected chi connectivity index (χ0v) is 11.8. The maximum absolute atomic E-state index is 4.31. The van der Waals surface area contributed by atoms with Crippen LogP contribution >= 0.6 is 15.9 Å². The molecule has 1 fully saturated rings. The number of hydrogen-bond acceptors (Lipinski definition) is 1. The largest absolute Gasteiger partial charge is 0.349 e. The van der Waals surface area contributed by atoms with Crippen LogP contribution in [0.15, 0.2) is 12.4 Å². The molecule has 1 N–H and O–H groups in total. The third kappa shape index (κ3) is 2.68. The Balaban J connectivity index is 2.00. The first-order valence-electron chi connectivity index (χ1n) is 6.22. The number of H-pyrrole nitrogens is 1. The Morgan fingerprint density at radius 3 is 3.00 bits per heavy atom. The van der Waals surface area contributed by atoms with Crippen LogP contribution in [-0.2, 0) is 6.42 Å². The Labute approximate surface area is 106 Å². The molecular formula is C13H21BrN2. The van der Waals surface area contributed by atoms with Gasteiger partial charge in [0.15, 0.2) is 0 Å². The molecule has 0 bridgehead atoms. The first-order valence-corrected chi connectivity index (χ1v) is 7.13. The van der Waals surface area contributed by atoms with Gasteiger partial charge in [0.1, 0.15) is 5.82 Å². The van der Waals surface area contributed by atoms with Crippen molar-refractivity contribution in [3.63, 3.8) is 0 Å². The van der Waals surface area contributed by atoms with E-state index >= 15 is 0 Å². The van der Waals surface area contributed by atoms with E-state index in [2.05, 4.69) is 39.7 Å². The number of nitrogens with zero attached hydrogens (tertiary/aromatic N) is 1. The lowest BCUT2D eigenvalue weighted by Crippen LogP contribution is -2.35. The highest BCUT2D eigenvalue weighted by Crippen LogP contribution is 2.44. The van der Waals surface area contributed by atoms with E-state index < -0.39 is 0 Å². The van der Waals surface area contributed by atoms with Crippen LogP contribution in [0.1, 0.15) is 45.4 Å². The fourth-order valence-corrected chi connectivity index (χ4v) is 4.21. The molecule has 2 atom stereocenters. The minimum atomic E-state index is 0.471. The van der Waals surface area contributed by atoms with Gasteiger partial charge in [-0.25, -0.2) is 4.98 Å². The van der Waals surface area contributed by atoms with E-state index in [1.807, 2.05) is 12.4 Å². The molecule has 90 valence electrons. The van der Waals surface area contributed by atoms with E-state index in [9.17, 15) is 0 Å². The fraction of sp³-hybridized carbons (Fsp3) is 0.769. The summed E-state index contributed by atoms with van der Waals surface area (Å²) in [5, 5.41) is 0. The Morgan fingerprint density at radius 2 is 2.38 bits per heavy atom. The maximum Gasteiger partial charge on any atom is 0.107 e. The number of aromatic nitrogens is 2. The van der Waals surface area contributed by atoms with Gasteiger partial charge in [-0.05, 0) is 24.2 Å². The SMILES string of the molecule is CC1(C)CCCCC1C(Br)Cc1ncc[nH]1. The van der Waals surface area contributed by atoms with E-state index in [-0.39, 0.29) is 0 Å². The third-order valence-corrected chi connectivity index (χ3v) is 4.93. The van der Waals surface area contributed by atoms with Crippen molar-refractivity contribution in [2.75, 3.05) is 0 Å². The standard InChI is InChI=1S/C13H21BrN2/c1-13(2)6-4-3-5-10(13)11(14)9-12-15-7-8-16-12/h7-8,10-11H,3-6,9H2,1-2H3,(H,15,16). The number of halogens is 1. The Morgan fingerprint density at radius 1 is 1.56 bits per heavy atom. The van der Waals surface area contributed by atoms with Gasteiger partial charge >= 0.3 is 0 Å². The second-order valence-corrected chi connectivity index (χ2v) is 6.77. The lowest BCUT2D eigenvalue weighted by Gasteiger charge is -2.41. The molecule has 0 radical (unpaired) electrons. The van der Waals surface area contributed by atoms with Gasteiger partial charge in [0.25, 0.3) is 0 Å². The molecule has 0 saturated heterocycles. The fourth-order valence-electron chi connectivity index (χ4n) is 2.93. The van der Waals surface area contributed by atoms with Gasteiger partial charge in [-0.2, -0.15) is 0 Å². The molecule has 1 aliphatic carbocycles. The van der Waals surface area contributed by atoms with Crippen molar-refractivity contribution in [2.24, 2.45) is 11.3 Å². The minimum absolute atomic E-state index is 0.471. The van der Waals surface area contributed by atoms with E-state index in [1.165, 1.54) is 25.7 Å². The van der Waals surface area contributed by atoms with E-state index in [0.29, 0.717) is 10.2 Å². The van der Waals surface area contributed by atoms with Crippen molar-refractivity contribution in [3.8, 4) is 0 Å². The van der Waals surface area contributed by atoms with Crippen LogP contribution in [0.4, 0.5) is 0 Å². The minimum Gasteiger partial charge on any atom is -0.349 e. The summed E-state index contributed by atoms with van der Waals surface area (Å²) in [6, 6.07) is 0. The van der Waals surface area contributed by atoms with Gasteiger partial charge in [-0.3, -0.25) is 0 Å². The summed E-state index contributed by atoms with van der Waals surface area (Å²) in [5.74, 6) is 1.87. The predicted molar refractivity (Wildman–Crippen MR) is 70.7 cm³/mol. The zero-order chi connectivity index (χ0) is 11.6. The molecule has 0 spiro atoms. The lowest BCUT2D eigenvalue weighted by atomic mass is 9.67. The van der Waals surface area contributed by atoms with Gasteiger partial charge < -0.3 is 4.98 Å². The van der Waals surface area contributed by atoms with Crippen LogP contribution in [0.3, 0.4) is 0 Å². The average molecular weight is 285 g/mol. The molecule has 1 aliphatic rings. The number of aromatic amines is 1. The predicted octanol–water partition coefficient (Wildman–Crippen LogP) is 3.93. The van der Waals surface area contributed by atoms with Crippen molar-refractivity contribution >= 4 is 15.9 Å². The van der Waals surface area contributed by atoms with Crippen LogP contribution in [-0.4, -0.2) is 14.8 Å². The Bertz CT molecular complexity index is 319. The molecule has 0 aliphatic heterocycles. The maximum atomic E-state index is 4.31. The molecule has 2 nitrogen and oxygen atoms in total. The molecule has 2 rings (SSSR count). The highest BCUT2D eigenvalue weighted by atomic mass is 79.9. The van der Waals surface area contributed by atoms with Gasteiger partial charge in [-0.1, -0.05) is 42.6 Å². The number of hydrogen-bond donors (Lipinski definition) is 1. The van der Waals surface area contributed by atoms with E-state index in [0.717, 1.165) is 18.2 Å². The Hall–Kier alpha value is -0.310. The highest BCUT2D eigenvalue weighted by molar-refractivity contribution is 9.09. The monoisotopic (exact) mass is 284 g/mol. The number of imidazole rings is 1. The van der Waals surface area contributed by atoms with E-state index in [4.69, 9.17) is 0 Å². The molecule has 3 heteroatoms. The quantitative estimate of drug-likeness (QED) is 0.837. The van der Waals surface area contributed by atoms with Crippen molar-refractivity contribution in [2.45, 2.75) is 50.8 Å². The number of rotatable bonds is 3. The summed E-state index contributed by atoms with van der Waals surface area (Å²) in [4.78, 5) is 8.06. The molecule has 2 unspecified atom stereocenters. The first kappa shape index (κ1) is 12.2. The molecule has 1 saturated carbocycles. The number of nitrogens with one attached hydrogen (secondary N) is 1. The molecule has 1 heterocycles. The second kappa shape index (κ2) is 4.91. The van der Waals surface area contributed by atoms with Crippen LogP contribution < -0.4 is 0 Å². The summed E-state index contributed by atoms with van der Waals surface area (Å²) < 4.78 is 0. The topological polar surface area (TPSA) is 28.7 Å². The molecule has 16 heavy (non-hydrogen) atoms. The van der Waals surface area contributed by atoms with Crippen LogP contribution in [0, 0.1) is 11.3 Å². The summed E-state index contributed by atoms with van der Waals surface area (Å²) >= 11 is 3.88. The molecule has 1 aromatic rings. The Kier molecular flexibility index (Phi) is 3.73. The van der Waals surface area contributed by atoms with Crippen LogP contribution in [0.5, 0.6) is 0 Å². The lowest BCUT2D eigenvalue weighted by molar-refractivity contribution is 0.136. The summed E-state index contributed by atoms with van der Waals surface area (Å²) in [6.45, 7) is 4.82. The van der Waals surface area contributed by atoms with Crippen LogP contribution in [0.25, 0.3) is 0 Å². The van der Waals surface area contributed by atoms with Gasteiger partial charge in [0.05, 0.1) is 0 Å². The number of alkyl halides is 1. The first-order chi connectivity index (χ1) is 7.59. The van der Waals surface area contributed by atoms with Crippen molar-refractivity contribution < 1.29 is 0 Å². The van der Waals surface area contributed by atoms with Gasteiger partial charge in [0.2, 0.25) is 0 Å².